The van der Waals surface area contributed by atoms with E-state index in [2.05, 4.69) is 10.1 Å². The van der Waals surface area contributed by atoms with E-state index >= 15 is 0 Å². The van der Waals surface area contributed by atoms with E-state index < -0.39 is 0 Å². The summed E-state index contributed by atoms with van der Waals surface area (Å²) in [5.74, 6) is 1.05. The van der Waals surface area contributed by atoms with E-state index in [1.54, 1.807) is 34.2 Å². The first kappa shape index (κ1) is 21.0. The van der Waals surface area contributed by atoms with Crippen molar-refractivity contribution in [3.63, 3.8) is 0 Å². The van der Waals surface area contributed by atoms with E-state index in [9.17, 15) is 9.59 Å². The molecule has 0 spiro atoms. The standard InChI is InChI=1S/C24H25N5O4/c1-15-6-4-7-18(12-15)32-14-19-16(2)33-26-21(19)23(30)28-11-9-17(13-28)29-22-20(8-5-10-25-22)27(3)24(29)31/h4-8,10,12,17H,9,11,13-14H2,1-3H3/t17-/m1/s1. The molecule has 1 saturated heterocycles. The molecule has 0 aliphatic carbocycles. The first-order chi connectivity index (χ1) is 15.9. The van der Waals surface area contributed by atoms with Gasteiger partial charge in [0, 0.05) is 26.3 Å². The predicted octanol–water partition coefficient (Wildman–Crippen LogP) is 3.01. The van der Waals surface area contributed by atoms with E-state index in [4.69, 9.17) is 9.26 Å². The van der Waals surface area contributed by atoms with Crippen LogP contribution in [0.25, 0.3) is 11.2 Å². The van der Waals surface area contributed by atoms with Crippen molar-refractivity contribution in [2.75, 3.05) is 13.1 Å². The molecule has 1 fully saturated rings. The van der Waals surface area contributed by atoms with Crippen molar-refractivity contribution in [1.29, 1.82) is 0 Å². The highest BCUT2D eigenvalue weighted by Crippen LogP contribution is 2.27. The summed E-state index contributed by atoms with van der Waals surface area (Å²) in [6.45, 7) is 4.87. The summed E-state index contributed by atoms with van der Waals surface area (Å²) in [6.07, 6.45) is 2.34. The van der Waals surface area contributed by atoms with Crippen LogP contribution in [0.5, 0.6) is 5.75 Å². The largest absolute Gasteiger partial charge is 0.489 e. The summed E-state index contributed by atoms with van der Waals surface area (Å²) in [5, 5.41) is 4.03. The van der Waals surface area contributed by atoms with Crippen LogP contribution < -0.4 is 10.4 Å². The van der Waals surface area contributed by atoms with Gasteiger partial charge in [0.25, 0.3) is 5.91 Å². The van der Waals surface area contributed by atoms with Crippen LogP contribution in [0.2, 0.25) is 0 Å². The highest BCUT2D eigenvalue weighted by Gasteiger charge is 2.33. The Balaban J connectivity index is 1.36. The zero-order chi connectivity index (χ0) is 23.1. The second-order valence-corrected chi connectivity index (χ2v) is 8.42. The molecule has 1 atom stereocenters. The predicted molar refractivity (Wildman–Crippen MR) is 121 cm³/mol. The van der Waals surface area contributed by atoms with Gasteiger partial charge in [-0.25, -0.2) is 9.78 Å². The number of carbonyl (C=O) groups excluding carboxylic acids is 1. The summed E-state index contributed by atoms with van der Waals surface area (Å²) < 4.78 is 14.5. The topological polar surface area (TPSA) is 95.4 Å². The molecule has 1 aliphatic heterocycles. The van der Waals surface area contributed by atoms with Gasteiger partial charge in [-0.15, -0.1) is 0 Å². The lowest BCUT2D eigenvalue weighted by Crippen LogP contribution is -2.32. The number of benzene rings is 1. The molecule has 9 heteroatoms. The van der Waals surface area contributed by atoms with Crippen LogP contribution in [0.3, 0.4) is 0 Å². The Kier molecular flexibility index (Phi) is 5.24. The number of amides is 1. The van der Waals surface area contributed by atoms with Crippen LogP contribution in [-0.4, -0.2) is 43.2 Å². The van der Waals surface area contributed by atoms with Crippen LogP contribution in [0.15, 0.2) is 51.9 Å². The van der Waals surface area contributed by atoms with Gasteiger partial charge in [0.2, 0.25) is 0 Å². The molecule has 1 aliphatic rings. The number of nitrogens with zero attached hydrogens (tertiary/aromatic N) is 5. The molecule has 0 bridgehead atoms. The Bertz CT molecular complexity index is 1400. The van der Waals surface area contributed by atoms with Gasteiger partial charge in [0.15, 0.2) is 11.3 Å². The van der Waals surface area contributed by atoms with Gasteiger partial charge in [0.1, 0.15) is 18.1 Å². The Morgan fingerprint density at radius 2 is 2.09 bits per heavy atom. The number of aryl methyl sites for hydroxylation is 3. The van der Waals surface area contributed by atoms with E-state index in [0.29, 0.717) is 36.5 Å². The molecule has 0 unspecified atom stereocenters. The van der Waals surface area contributed by atoms with Crippen LogP contribution >= 0.6 is 0 Å². The maximum atomic E-state index is 13.3. The second kappa shape index (κ2) is 8.23. The normalized spacial score (nSPS) is 16.0. The smallest absolute Gasteiger partial charge is 0.330 e. The first-order valence-electron chi connectivity index (χ1n) is 10.9. The van der Waals surface area contributed by atoms with Crippen LogP contribution in [0.1, 0.15) is 39.8 Å². The van der Waals surface area contributed by atoms with Crippen molar-refractivity contribution >= 4 is 17.1 Å². The maximum absolute atomic E-state index is 13.3. The lowest BCUT2D eigenvalue weighted by atomic mass is 10.2. The third kappa shape index (κ3) is 3.69. The molecule has 0 radical (unpaired) electrons. The van der Waals surface area contributed by atoms with Crippen molar-refractivity contribution < 1.29 is 14.1 Å². The van der Waals surface area contributed by atoms with E-state index in [0.717, 1.165) is 16.8 Å². The maximum Gasteiger partial charge on any atom is 0.330 e. The van der Waals surface area contributed by atoms with Crippen LogP contribution in [-0.2, 0) is 13.7 Å². The van der Waals surface area contributed by atoms with Crippen molar-refractivity contribution in [2.45, 2.75) is 32.9 Å². The number of ether oxygens (including phenoxy) is 1. The average molecular weight is 447 g/mol. The fourth-order valence-corrected chi connectivity index (χ4v) is 4.40. The van der Waals surface area contributed by atoms with Gasteiger partial charge in [-0.1, -0.05) is 17.3 Å². The number of likely N-dealkylation sites (tertiary alicyclic amines) is 1. The van der Waals surface area contributed by atoms with Crippen LogP contribution in [0, 0.1) is 13.8 Å². The van der Waals surface area contributed by atoms with Gasteiger partial charge in [0.05, 0.1) is 17.1 Å². The highest BCUT2D eigenvalue weighted by molar-refractivity contribution is 5.94. The Hall–Kier alpha value is -3.88. The Morgan fingerprint density at radius 3 is 2.91 bits per heavy atom. The molecule has 1 aromatic carbocycles. The minimum atomic E-state index is -0.224. The molecular formula is C24H25N5O4. The summed E-state index contributed by atoms with van der Waals surface area (Å²) in [5.41, 5.74) is 3.25. The number of rotatable bonds is 5. The van der Waals surface area contributed by atoms with E-state index in [-0.39, 0.29) is 29.9 Å². The zero-order valence-corrected chi connectivity index (χ0v) is 18.8. The molecule has 0 N–H and O–H groups in total. The number of fused-ring (bicyclic) bond motifs is 1. The number of pyridine rings is 1. The molecule has 3 aromatic heterocycles. The molecule has 0 saturated carbocycles. The molecule has 4 heterocycles. The summed E-state index contributed by atoms with van der Waals surface area (Å²) >= 11 is 0. The SMILES string of the molecule is Cc1cccc(OCc2c(C(=O)N3CC[C@@H](n4c(=O)n(C)c5cccnc54)C3)noc2C)c1. The van der Waals surface area contributed by atoms with Crippen LogP contribution in [0.4, 0.5) is 0 Å². The monoisotopic (exact) mass is 447 g/mol. The molecule has 1 amide bonds. The number of imidazole rings is 1. The number of carbonyl (C=O) groups is 1. The molecule has 170 valence electrons. The fraction of sp³-hybridized carbons (Fsp3) is 0.333. The fourth-order valence-electron chi connectivity index (χ4n) is 4.40. The number of hydrogen-bond donors (Lipinski definition) is 0. The molecule has 4 aromatic rings. The zero-order valence-electron chi connectivity index (χ0n) is 18.8. The molecule has 33 heavy (non-hydrogen) atoms. The average Bonchev–Trinajstić information content (AvgIpc) is 3.50. The Labute approximate surface area is 190 Å². The second-order valence-electron chi connectivity index (χ2n) is 8.42. The Morgan fingerprint density at radius 1 is 1.24 bits per heavy atom. The number of aromatic nitrogens is 4. The van der Waals surface area contributed by atoms with Crippen molar-refractivity contribution in [1.82, 2.24) is 24.2 Å². The van der Waals surface area contributed by atoms with E-state index in [1.165, 1.54) is 0 Å². The quantitative estimate of drug-likeness (QED) is 0.467. The highest BCUT2D eigenvalue weighted by atomic mass is 16.5. The summed E-state index contributed by atoms with van der Waals surface area (Å²) in [7, 11) is 1.74. The molecule has 9 nitrogen and oxygen atoms in total. The summed E-state index contributed by atoms with van der Waals surface area (Å²) in [6, 6.07) is 11.3. The minimum absolute atomic E-state index is 0.132. The third-order valence-electron chi connectivity index (χ3n) is 6.22. The van der Waals surface area contributed by atoms with Gasteiger partial charge in [-0.2, -0.15) is 0 Å². The lowest BCUT2D eigenvalue weighted by molar-refractivity contribution is 0.0775. The van der Waals surface area contributed by atoms with Crippen molar-refractivity contribution in [2.24, 2.45) is 7.05 Å². The third-order valence-corrected chi connectivity index (χ3v) is 6.22. The lowest BCUT2D eigenvalue weighted by Gasteiger charge is -2.16. The number of hydrogen-bond acceptors (Lipinski definition) is 6. The van der Waals surface area contributed by atoms with E-state index in [1.807, 2.05) is 43.3 Å². The molecular weight excluding hydrogens is 422 g/mol. The van der Waals surface area contributed by atoms with Gasteiger partial charge in [-0.3, -0.25) is 13.9 Å². The van der Waals surface area contributed by atoms with Gasteiger partial charge in [-0.05, 0) is 50.1 Å². The minimum Gasteiger partial charge on any atom is -0.489 e. The first-order valence-corrected chi connectivity index (χ1v) is 10.9. The van der Waals surface area contributed by atoms with Crippen molar-refractivity contribution in [3.05, 3.63) is 75.7 Å². The van der Waals surface area contributed by atoms with Gasteiger partial charge < -0.3 is 14.2 Å². The summed E-state index contributed by atoms with van der Waals surface area (Å²) in [4.78, 5) is 32.3. The molecule has 5 rings (SSSR count). The van der Waals surface area contributed by atoms with Crippen molar-refractivity contribution in [3.8, 4) is 5.75 Å². The van der Waals surface area contributed by atoms with Gasteiger partial charge >= 0.3 is 5.69 Å².